The first-order valence-electron chi connectivity index (χ1n) is 5.07. The van der Waals surface area contributed by atoms with E-state index >= 15 is 0 Å². The first-order valence-corrected chi connectivity index (χ1v) is 5.45. The molecule has 0 heterocycles. The van der Waals surface area contributed by atoms with Gasteiger partial charge in [0.15, 0.2) is 0 Å². The van der Waals surface area contributed by atoms with Crippen LogP contribution in [-0.4, -0.2) is 30.8 Å². The third-order valence-electron chi connectivity index (χ3n) is 2.15. The van der Waals surface area contributed by atoms with E-state index in [1.54, 1.807) is 25.3 Å². The van der Waals surface area contributed by atoms with Crippen molar-refractivity contribution >= 4 is 23.3 Å². The van der Waals surface area contributed by atoms with Crippen molar-refractivity contribution < 1.29 is 14.6 Å². The van der Waals surface area contributed by atoms with Gasteiger partial charge in [0.1, 0.15) is 5.75 Å². The zero-order chi connectivity index (χ0) is 12.8. The molecule has 5 nitrogen and oxygen atoms in total. The second-order valence-corrected chi connectivity index (χ2v) is 4.02. The maximum Gasteiger partial charge on any atom is 0.304 e. The average Bonchev–Trinajstić information content (AvgIpc) is 2.25. The Balaban J connectivity index is 2.61. The summed E-state index contributed by atoms with van der Waals surface area (Å²) >= 11 is 5.85. The van der Waals surface area contributed by atoms with Crippen LogP contribution in [0.5, 0.6) is 5.75 Å². The molecule has 0 radical (unpaired) electrons. The van der Waals surface area contributed by atoms with Gasteiger partial charge in [0, 0.05) is 17.6 Å². The lowest BCUT2D eigenvalue weighted by molar-refractivity contribution is -0.137. The third-order valence-corrected chi connectivity index (χ3v) is 2.39. The largest absolute Gasteiger partial charge is 0.495 e. The van der Waals surface area contributed by atoms with Crippen LogP contribution < -0.4 is 15.8 Å². The molecule has 0 bridgehead atoms. The van der Waals surface area contributed by atoms with E-state index in [2.05, 4.69) is 5.32 Å². The van der Waals surface area contributed by atoms with Crippen molar-refractivity contribution in [3.8, 4) is 5.75 Å². The van der Waals surface area contributed by atoms with E-state index in [0.29, 0.717) is 23.0 Å². The van der Waals surface area contributed by atoms with E-state index in [1.807, 2.05) is 0 Å². The van der Waals surface area contributed by atoms with Gasteiger partial charge in [-0.2, -0.15) is 0 Å². The molecule has 6 heteroatoms. The van der Waals surface area contributed by atoms with Gasteiger partial charge >= 0.3 is 5.97 Å². The molecule has 0 amide bonds. The molecule has 1 aromatic carbocycles. The van der Waals surface area contributed by atoms with E-state index in [4.69, 9.17) is 27.2 Å². The Labute approximate surface area is 105 Å². The van der Waals surface area contributed by atoms with Crippen LogP contribution >= 0.6 is 11.6 Å². The van der Waals surface area contributed by atoms with Crippen molar-refractivity contribution in [3.05, 3.63) is 23.2 Å². The van der Waals surface area contributed by atoms with Gasteiger partial charge < -0.3 is 20.9 Å². The monoisotopic (exact) mass is 258 g/mol. The first-order chi connectivity index (χ1) is 8.02. The van der Waals surface area contributed by atoms with Crippen LogP contribution in [0.1, 0.15) is 6.42 Å². The van der Waals surface area contributed by atoms with Crippen LogP contribution in [0.3, 0.4) is 0 Å². The zero-order valence-electron chi connectivity index (χ0n) is 9.44. The Kier molecular flexibility index (Phi) is 5.06. The predicted molar refractivity (Wildman–Crippen MR) is 66.7 cm³/mol. The van der Waals surface area contributed by atoms with E-state index in [9.17, 15) is 4.79 Å². The minimum absolute atomic E-state index is 0.0874. The molecule has 0 aliphatic heterocycles. The van der Waals surface area contributed by atoms with Gasteiger partial charge in [-0.1, -0.05) is 11.6 Å². The Morgan fingerprint density at radius 2 is 2.35 bits per heavy atom. The Morgan fingerprint density at radius 1 is 1.65 bits per heavy atom. The fraction of sp³-hybridized carbons (Fsp3) is 0.364. The summed E-state index contributed by atoms with van der Waals surface area (Å²) in [7, 11) is 1.55. The van der Waals surface area contributed by atoms with Gasteiger partial charge in [-0.25, -0.2) is 0 Å². The number of rotatable bonds is 6. The molecule has 0 fully saturated rings. The van der Waals surface area contributed by atoms with Crippen LogP contribution in [0.15, 0.2) is 18.2 Å². The maximum atomic E-state index is 10.4. The summed E-state index contributed by atoms with van der Waals surface area (Å²) in [5, 5.41) is 12.2. The number of aliphatic carboxylic acids is 1. The second kappa shape index (κ2) is 6.32. The summed E-state index contributed by atoms with van der Waals surface area (Å²) in [4.78, 5) is 10.4. The third kappa shape index (κ3) is 4.50. The van der Waals surface area contributed by atoms with Crippen molar-refractivity contribution in [1.82, 2.24) is 0 Å². The number of nitrogens with one attached hydrogen (secondary N) is 1. The summed E-state index contributed by atoms with van der Waals surface area (Å²) in [5.74, 6) is -0.283. The lowest BCUT2D eigenvalue weighted by atomic mass is 10.2. The maximum absolute atomic E-state index is 10.4. The molecule has 1 aromatic rings. The SMILES string of the molecule is COc1ccc(Cl)cc1NCC(N)CC(=O)O. The van der Waals surface area contributed by atoms with Crippen LogP contribution in [0.25, 0.3) is 0 Å². The molecule has 17 heavy (non-hydrogen) atoms. The van der Waals surface area contributed by atoms with Crippen LogP contribution in [0, 0.1) is 0 Å². The zero-order valence-corrected chi connectivity index (χ0v) is 10.2. The molecule has 1 atom stereocenters. The number of nitrogens with two attached hydrogens (primary N) is 1. The number of methoxy groups -OCH3 is 1. The highest BCUT2D eigenvalue weighted by Gasteiger charge is 2.09. The molecule has 1 rings (SSSR count). The van der Waals surface area contributed by atoms with E-state index in [0.717, 1.165) is 0 Å². The smallest absolute Gasteiger partial charge is 0.304 e. The molecule has 0 aromatic heterocycles. The molecular weight excluding hydrogens is 244 g/mol. The lowest BCUT2D eigenvalue weighted by Crippen LogP contribution is -2.31. The molecule has 4 N–H and O–H groups in total. The van der Waals surface area contributed by atoms with Gasteiger partial charge in [-0.15, -0.1) is 0 Å². The number of carbonyl (C=O) groups is 1. The van der Waals surface area contributed by atoms with Crippen LogP contribution in [0.4, 0.5) is 5.69 Å². The van der Waals surface area contributed by atoms with Crippen LogP contribution in [-0.2, 0) is 4.79 Å². The van der Waals surface area contributed by atoms with E-state index < -0.39 is 12.0 Å². The number of halogens is 1. The van der Waals surface area contributed by atoms with Gasteiger partial charge in [-0.05, 0) is 18.2 Å². The van der Waals surface area contributed by atoms with E-state index in [-0.39, 0.29) is 6.42 Å². The highest BCUT2D eigenvalue weighted by molar-refractivity contribution is 6.30. The summed E-state index contributed by atoms with van der Waals surface area (Å²) < 4.78 is 5.14. The lowest BCUT2D eigenvalue weighted by Gasteiger charge is -2.14. The molecule has 0 aliphatic rings. The number of anilines is 1. The van der Waals surface area contributed by atoms with E-state index in [1.165, 1.54) is 0 Å². The molecule has 94 valence electrons. The van der Waals surface area contributed by atoms with Crippen molar-refractivity contribution in [2.24, 2.45) is 5.73 Å². The normalized spacial score (nSPS) is 11.9. The number of carboxylic acid groups (broad SMARTS) is 1. The Hall–Kier alpha value is -1.46. The topological polar surface area (TPSA) is 84.6 Å². The van der Waals surface area contributed by atoms with Crippen molar-refractivity contribution in [3.63, 3.8) is 0 Å². The van der Waals surface area contributed by atoms with Gasteiger partial charge in [-0.3, -0.25) is 4.79 Å². The molecule has 0 spiro atoms. The molecule has 1 unspecified atom stereocenters. The fourth-order valence-electron chi connectivity index (χ4n) is 1.36. The van der Waals surface area contributed by atoms with Gasteiger partial charge in [0.25, 0.3) is 0 Å². The Morgan fingerprint density at radius 3 is 2.94 bits per heavy atom. The van der Waals surface area contributed by atoms with Gasteiger partial charge in [0.05, 0.1) is 19.2 Å². The quantitative estimate of drug-likeness (QED) is 0.721. The minimum Gasteiger partial charge on any atom is -0.495 e. The van der Waals surface area contributed by atoms with Crippen molar-refractivity contribution in [1.29, 1.82) is 0 Å². The number of hydrogen-bond acceptors (Lipinski definition) is 4. The van der Waals surface area contributed by atoms with Crippen LogP contribution in [0.2, 0.25) is 5.02 Å². The summed E-state index contributed by atoms with van der Waals surface area (Å²) in [5.41, 5.74) is 6.33. The predicted octanol–water partition coefficient (Wildman–Crippen LogP) is 1.56. The van der Waals surface area contributed by atoms with Gasteiger partial charge in [0.2, 0.25) is 0 Å². The van der Waals surface area contributed by atoms with Crippen molar-refractivity contribution in [2.45, 2.75) is 12.5 Å². The molecular formula is C11H15ClN2O3. The summed E-state index contributed by atoms with van der Waals surface area (Å²) in [6, 6.07) is 4.68. The highest BCUT2D eigenvalue weighted by Crippen LogP contribution is 2.27. The average molecular weight is 259 g/mol. The van der Waals surface area contributed by atoms with Crippen molar-refractivity contribution in [2.75, 3.05) is 19.0 Å². The first kappa shape index (κ1) is 13.6. The fourth-order valence-corrected chi connectivity index (χ4v) is 1.53. The number of carboxylic acids is 1. The molecule has 0 saturated carbocycles. The second-order valence-electron chi connectivity index (χ2n) is 3.58. The summed E-state index contributed by atoms with van der Waals surface area (Å²) in [6.07, 6.45) is -0.0874. The number of hydrogen-bond donors (Lipinski definition) is 3. The Bertz CT molecular complexity index is 398. The highest BCUT2D eigenvalue weighted by atomic mass is 35.5. The minimum atomic E-state index is -0.919. The molecule has 0 aliphatic carbocycles. The number of ether oxygens (including phenoxy) is 1. The standard InChI is InChI=1S/C11H15ClN2O3/c1-17-10-3-2-7(12)4-9(10)14-6-8(13)5-11(15)16/h2-4,8,14H,5-6,13H2,1H3,(H,15,16). The number of benzene rings is 1. The summed E-state index contributed by atoms with van der Waals surface area (Å²) in [6.45, 7) is 0.336. The molecule has 0 saturated heterocycles.